The smallest absolute Gasteiger partial charge is 0.338 e. The van der Waals surface area contributed by atoms with E-state index in [1.165, 1.54) is 4.90 Å². The molecular weight excluding hydrogens is 356 g/mol. The third kappa shape index (κ3) is 3.09. The second-order valence-electron chi connectivity index (χ2n) is 6.40. The van der Waals surface area contributed by atoms with Gasteiger partial charge in [0.05, 0.1) is 23.5 Å². The van der Waals surface area contributed by atoms with Crippen LogP contribution in [0.15, 0.2) is 60.7 Å². The summed E-state index contributed by atoms with van der Waals surface area (Å²) in [7, 11) is 0. The molecule has 0 aliphatic carbocycles. The highest BCUT2D eigenvalue weighted by Crippen LogP contribution is 2.39. The van der Waals surface area contributed by atoms with Gasteiger partial charge >= 0.3 is 5.97 Å². The first-order chi connectivity index (χ1) is 13.6. The minimum atomic E-state index is -0.417. The molecule has 1 N–H and O–H groups in total. The number of carbonyl (C=O) groups excluding carboxylic acids is 3. The van der Waals surface area contributed by atoms with Gasteiger partial charge in [0.15, 0.2) is 0 Å². The van der Waals surface area contributed by atoms with E-state index in [0.717, 1.165) is 10.8 Å². The van der Waals surface area contributed by atoms with Crippen molar-refractivity contribution in [1.82, 2.24) is 0 Å². The second kappa shape index (κ2) is 7.15. The van der Waals surface area contributed by atoms with Crippen LogP contribution >= 0.6 is 0 Å². The van der Waals surface area contributed by atoms with Crippen molar-refractivity contribution < 1.29 is 19.1 Å². The highest BCUT2D eigenvalue weighted by atomic mass is 16.5. The molecule has 0 bridgehead atoms. The number of esters is 1. The molecule has 0 aromatic heterocycles. The number of hydrogen-bond acceptors (Lipinski definition) is 4. The summed E-state index contributed by atoms with van der Waals surface area (Å²) in [5.74, 6) is -1.11. The predicted molar refractivity (Wildman–Crippen MR) is 107 cm³/mol. The molecule has 6 heteroatoms. The van der Waals surface area contributed by atoms with Crippen LogP contribution < -0.4 is 10.2 Å². The van der Waals surface area contributed by atoms with Crippen molar-refractivity contribution in [1.29, 1.82) is 0 Å². The lowest BCUT2D eigenvalue weighted by Gasteiger charge is -2.23. The molecule has 3 aromatic rings. The summed E-state index contributed by atoms with van der Waals surface area (Å²) in [6, 6.07) is 18.0. The van der Waals surface area contributed by atoms with Crippen LogP contribution in [-0.2, 0) is 14.3 Å². The van der Waals surface area contributed by atoms with E-state index in [4.69, 9.17) is 4.74 Å². The Morgan fingerprint density at radius 2 is 1.79 bits per heavy atom. The largest absolute Gasteiger partial charge is 0.462 e. The minimum absolute atomic E-state index is 0.261. The van der Waals surface area contributed by atoms with Crippen LogP contribution in [0.25, 0.3) is 10.8 Å². The molecule has 1 heterocycles. The second-order valence-corrected chi connectivity index (χ2v) is 6.40. The Balaban J connectivity index is 1.83. The molecule has 1 aliphatic heterocycles. The molecule has 2 amide bonds. The third-order valence-corrected chi connectivity index (χ3v) is 4.61. The zero-order chi connectivity index (χ0) is 19.7. The monoisotopic (exact) mass is 374 g/mol. The maximum absolute atomic E-state index is 12.8. The number of nitrogens with one attached hydrogen (secondary N) is 1. The van der Waals surface area contributed by atoms with Crippen LogP contribution in [0.1, 0.15) is 23.7 Å². The third-order valence-electron chi connectivity index (χ3n) is 4.61. The van der Waals surface area contributed by atoms with Gasteiger partial charge in [0.25, 0.3) is 0 Å². The van der Waals surface area contributed by atoms with Gasteiger partial charge in [0.2, 0.25) is 11.8 Å². The van der Waals surface area contributed by atoms with Crippen LogP contribution in [0.3, 0.4) is 0 Å². The summed E-state index contributed by atoms with van der Waals surface area (Å²) < 4.78 is 5.00. The maximum Gasteiger partial charge on any atom is 0.338 e. The normalized spacial score (nSPS) is 13.7. The van der Waals surface area contributed by atoms with Crippen LogP contribution in [0.5, 0.6) is 0 Å². The molecule has 0 atom stereocenters. The van der Waals surface area contributed by atoms with E-state index in [-0.39, 0.29) is 18.2 Å². The number of anilines is 3. The van der Waals surface area contributed by atoms with Crippen molar-refractivity contribution in [2.45, 2.75) is 13.3 Å². The van der Waals surface area contributed by atoms with Crippen molar-refractivity contribution >= 4 is 45.6 Å². The van der Waals surface area contributed by atoms with Crippen molar-refractivity contribution in [2.75, 3.05) is 16.8 Å². The quantitative estimate of drug-likeness (QED) is 0.555. The van der Waals surface area contributed by atoms with Gasteiger partial charge in [-0.05, 0) is 42.6 Å². The van der Waals surface area contributed by atoms with E-state index in [2.05, 4.69) is 5.32 Å². The summed E-state index contributed by atoms with van der Waals surface area (Å²) >= 11 is 0. The summed E-state index contributed by atoms with van der Waals surface area (Å²) in [6.45, 7) is 2.03. The van der Waals surface area contributed by atoms with E-state index in [1.54, 1.807) is 31.2 Å². The van der Waals surface area contributed by atoms with E-state index >= 15 is 0 Å². The predicted octanol–water partition coefficient (Wildman–Crippen LogP) is 4.02. The number of ether oxygens (including phenoxy) is 1. The zero-order valence-corrected chi connectivity index (χ0v) is 15.3. The summed E-state index contributed by atoms with van der Waals surface area (Å²) in [4.78, 5) is 38.5. The molecule has 28 heavy (non-hydrogen) atoms. The fraction of sp³-hybridized carbons (Fsp3) is 0.136. The standard InChI is InChI=1S/C22H18N2O4/c1-2-28-22(27)15-7-10-16(11-8-15)24-18-12-9-14-5-3-4-6-17(14)21(18)23-19(25)13-20(24)26/h3-12H,2,13H2,1H3,(H,23,25). The Hall–Kier alpha value is -3.67. The van der Waals surface area contributed by atoms with Crippen LogP contribution in [0.4, 0.5) is 17.1 Å². The van der Waals surface area contributed by atoms with Crippen molar-refractivity contribution in [3.05, 3.63) is 66.2 Å². The Morgan fingerprint density at radius 3 is 2.54 bits per heavy atom. The molecule has 0 saturated carbocycles. The molecule has 140 valence electrons. The molecular formula is C22H18N2O4. The molecule has 0 spiro atoms. The van der Waals surface area contributed by atoms with E-state index in [1.807, 2.05) is 36.4 Å². The fourth-order valence-corrected chi connectivity index (χ4v) is 3.36. The number of benzene rings is 3. The Kier molecular flexibility index (Phi) is 4.53. The Bertz CT molecular complexity index is 1090. The van der Waals surface area contributed by atoms with Gasteiger partial charge < -0.3 is 10.1 Å². The molecule has 0 radical (unpaired) electrons. The number of rotatable bonds is 3. The van der Waals surface area contributed by atoms with Crippen molar-refractivity contribution in [2.24, 2.45) is 0 Å². The Labute approximate surface area is 161 Å². The SMILES string of the molecule is CCOC(=O)c1ccc(N2C(=O)CC(=O)Nc3c2ccc2ccccc32)cc1. The number of amides is 2. The number of fused-ring (bicyclic) bond motifs is 3. The summed E-state index contributed by atoms with van der Waals surface area (Å²) in [6.07, 6.45) is -0.261. The number of carbonyl (C=O) groups is 3. The highest BCUT2D eigenvalue weighted by Gasteiger charge is 2.28. The van der Waals surface area contributed by atoms with E-state index in [9.17, 15) is 14.4 Å². The topological polar surface area (TPSA) is 75.7 Å². The van der Waals surface area contributed by atoms with Gasteiger partial charge in [0.1, 0.15) is 6.42 Å². The number of hydrogen-bond donors (Lipinski definition) is 1. The van der Waals surface area contributed by atoms with Gasteiger partial charge in [-0.15, -0.1) is 0 Å². The van der Waals surface area contributed by atoms with Crippen LogP contribution in [0, 0.1) is 0 Å². The summed E-state index contributed by atoms with van der Waals surface area (Å²) in [5, 5.41) is 4.69. The molecule has 4 rings (SSSR count). The lowest BCUT2D eigenvalue weighted by Crippen LogP contribution is -2.26. The molecule has 0 saturated heterocycles. The molecule has 3 aromatic carbocycles. The maximum atomic E-state index is 12.8. The van der Waals surface area contributed by atoms with E-state index in [0.29, 0.717) is 29.2 Å². The van der Waals surface area contributed by atoms with Gasteiger partial charge in [-0.2, -0.15) is 0 Å². The molecule has 6 nitrogen and oxygen atoms in total. The molecule has 1 aliphatic rings. The van der Waals surface area contributed by atoms with Gasteiger partial charge in [-0.1, -0.05) is 30.3 Å². The average Bonchev–Trinajstić information content (AvgIpc) is 2.83. The first-order valence-electron chi connectivity index (χ1n) is 9.00. The molecule has 0 unspecified atom stereocenters. The molecule has 0 fully saturated rings. The summed E-state index contributed by atoms with van der Waals surface area (Å²) in [5.41, 5.74) is 2.17. The van der Waals surface area contributed by atoms with Gasteiger partial charge in [-0.3, -0.25) is 14.5 Å². The fourth-order valence-electron chi connectivity index (χ4n) is 3.36. The average molecular weight is 374 g/mol. The van der Waals surface area contributed by atoms with Crippen LogP contribution in [-0.4, -0.2) is 24.4 Å². The van der Waals surface area contributed by atoms with Crippen molar-refractivity contribution in [3.8, 4) is 0 Å². The van der Waals surface area contributed by atoms with Crippen molar-refractivity contribution in [3.63, 3.8) is 0 Å². The first-order valence-corrected chi connectivity index (χ1v) is 9.00. The number of nitrogens with zero attached hydrogens (tertiary/aromatic N) is 1. The lowest BCUT2D eigenvalue weighted by molar-refractivity contribution is -0.124. The lowest BCUT2D eigenvalue weighted by atomic mass is 10.1. The Morgan fingerprint density at radius 1 is 1.04 bits per heavy atom. The highest BCUT2D eigenvalue weighted by molar-refractivity contribution is 6.21. The zero-order valence-electron chi connectivity index (χ0n) is 15.3. The van der Waals surface area contributed by atoms with E-state index < -0.39 is 5.97 Å². The van der Waals surface area contributed by atoms with Gasteiger partial charge in [0, 0.05) is 11.1 Å². The first kappa shape index (κ1) is 17.7. The van der Waals surface area contributed by atoms with Crippen LogP contribution in [0.2, 0.25) is 0 Å². The minimum Gasteiger partial charge on any atom is -0.462 e. The van der Waals surface area contributed by atoms with Gasteiger partial charge in [-0.25, -0.2) is 4.79 Å².